The highest BCUT2D eigenvalue weighted by molar-refractivity contribution is 5.93. The number of carbonyl (C=O) groups excluding carboxylic acids is 1. The molecular weight excluding hydrogens is 278 g/mol. The maximum absolute atomic E-state index is 11.8. The Morgan fingerprint density at radius 1 is 1.33 bits per heavy atom. The van der Waals surface area contributed by atoms with Crippen molar-refractivity contribution in [2.45, 2.75) is 12.5 Å². The molecule has 1 atom stereocenters. The smallest absolute Gasteiger partial charge is 0.326 e. The SMILES string of the molecule is Nc1n[nH]c(C(=O)N[C@@H](Cc2ccc(O)cc2)C(=O)O)n1. The third-order valence-electron chi connectivity index (χ3n) is 2.70. The predicted molar refractivity (Wildman–Crippen MR) is 71.5 cm³/mol. The quantitative estimate of drug-likeness (QED) is 0.498. The minimum absolute atomic E-state index is 0.0605. The van der Waals surface area contributed by atoms with Crippen molar-refractivity contribution >= 4 is 17.8 Å². The number of amides is 1. The molecule has 1 aromatic heterocycles. The van der Waals surface area contributed by atoms with Crippen LogP contribution < -0.4 is 11.1 Å². The number of benzene rings is 1. The molecule has 0 aliphatic heterocycles. The number of rotatable bonds is 5. The van der Waals surface area contributed by atoms with Gasteiger partial charge in [-0.15, -0.1) is 5.10 Å². The van der Waals surface area contributed by atoms with Gasteiger partial charge in [0, 0.05) is 6.42 Å². The number of nitrogen functional groups attached to an aromatic ring is 1. The molecule has 0 spiro atoms. The number of nitrogens with zero attached hydrogens (tertiary/aromatic N) is 2. The Kier molecular flexibility index (Phi) is 4.02. The van der Waals surface area contributed by atoms with Crippen LogP contribution in [0.1, 0.15) is 16.2 Å². The second kappa shape index (κ2) is 5.90. The van der Waals surface area contributed by atoms with Crippen molar-refractivity contribution in [1.82, 2.24) is 20.5 Å². The van der Waals surface area contributed by atoms with Crippen molar-refractivity contribution in [3.8, 4) is 5.75 Å². The molecule has 0 radical (unpaired) electrons. The highest BCUT2D eigenvalue weighted by Gasteiger charge is 2.22. The Morgan fingerprint density at radius 2 is 2.00 bits per heavy atom. The van der Waals surface area contributed by atoms with Gasteiger partial charge in [-0.2, -0.15) is 4.98 Å². The van der Waals surface area contributed by atoms with E-state index in [0.717, 1.165) is 0 Å². The molecular formula is C12H13N5O4. The number of anilines is 1. The van der Waals surface area contributed by atoms with Crippen molar-refractivity contribution in [3.63, 3.8) is 0 Å². The number of aliphatic carboxylic acids is 1. The number of phenols is 1. The minimum atomic E-state index is -1.19. The monoisotopic (exact) mass is 291 g/mol. The van der Waals surface area contributed by atoms with Gasteiger partial charge >= 0.3 is 5.97 Å². The van der Waals surface area contributed by atoms with Gasteiger partial charge in [0.1, 0.15) is 11.8 Å². The van der Waals surface area contributed by atoms with Crippen LogP contribution in [0, 0.1) is 0 Å². The second-order valence-corrected chi connectivity index (χ2v) is 4.28. The molecule has 1 amide bonds. The Hall–Kier alpha value is -3.10. The van der Waals surface area contributed by atoms with E-state index in [9.17, 15) is 14.7 Å². The molecule has 2 aromatic rings. The Labute approximate surface area is 118 Å². The average molecular weight is 291 g/mol. The first kappa shape index (κ1) is 14.3. The summed E-state index contributed by atoms with van der Waals surface area (Å²) in [7, 11) is 0. The van der Waals surface area contributed by atoms with E-state index in [1.807, 2.05) is 0 Å². The van der Waals surface area contributed by atoms with Crippen LogP contribution in [0.5, 0.6) is 5.75 Å². The van der Waals surface area contributed by atoms with E-state index < -0.39 is 17.9 Å². The molecule has 6 N–H and O–H groups in total. The number of H-pyrrole nitrogens is 1. The molecule has 0 aliphatic rings. The van der Waals surface area contributed by atoms with E-state index in [0.29, 0.717) is 5.56 Å². The van der Waals surface area contributed by atoms with E-state index in [4.69, 9.17) is 10.8 Å². The summed E-state index contributed by atoms with van der Waals surface area (Å²) in [5.41, 5.74) is 5.92. The standard InChI is InChI=1S/C12H13N5O4/c13-12-15-9(16-17-12)10(19)14-8(11(20)21)5-6-1-3-7(18)4-2-6/h1-4,8,18H,5H2,(H,14,19)(H,20,21)(H3,13,15,16,17)/t8-/m0/s1. The molecule has 0 bridgehead atoms. The highest BCUT2D eigenvalue weighted by atomic mass is 16.4. The molecule has 2 rings (SSSR count). The van der Waals surface area contributed by atoms with Crippen molar-refractivity contribution in [3.05, 3.63) is 35.7 Å². The number of aromatic nitrogens is 3. The van der Waals surface area contributed by atoms with Gasteiger partial charge in [-0.25, -0.2) is 4.79 Å². The molecule has 0 saturated heterocycles. The maximum atomic E-state index is 11.8. The zero-order chi connectivity index (χ0) is 15.4. The summed E-state index contributed by atoms with van der Waals surface area (Å²) in [5, 5.41) is 26.4. The lowest BCUT2D eigenvalue weighted by atomic mass is 10.1. The van der Waals surface area contributed by atoms with Crippen LogP contribution in [-0.2, 0) is 11.2 Å². The first-order valence-corrected chi connectivity index (χ1v) is 5.95. The summed E-state index contributed by atoms with van der Waals surface area (Å²) in [5.74, 6) is -2.10. The summed E-state index contributed by atoms with van der Waals surface area (Å²) in [6, 6.07) is 4.88. The molecule has 0 saturated carbocycles. The number of aromatic amines is 1. The zero-order valence-electron chi connectivity index (χ0n) is 10.8. The van der Waals surface area contributed by atoms with Crippen LogP contribution in [0.3, 0.4) is 0 Å². The van der Waals surface area contributed by atoms with E-state index >= 15 is 0 Å². The van der Waals surface area contributed by atoms with Crippen LogP contribution in [0.25, 0.3) is 0 Å². The number of carbonyl (C=O) groups is 2. The maximum Gasteiger partial charge on any atom is 0.326 e. The number of carboxylic acid groups (broad SMARTS) is 1. The molecule has 9 heteroatoms. The summed E-state index contributed by atoms with van der Waals surface area (Å²) in [6.07, 6.45) is 0.0605. The molecule has 0 fully saturated rings. The van der Waals surface area contributed by atoms with Crippen LogP contribution in [-0.4, -0.2) is 43.3 Å². The summed E-state index contributed by atoms with van der Waals surface area (Å²) < 4.78 is 0. The Bertz CT molecular complexity index is 652. The fraction of sp³-hybridized carbons (Fsp3) is 0.167. The van der Waals surface area contributed by atoms with E-state index in [1.54, 1.807) is 12.1 Å². The number of nitrogens with two attached hydrogens (primary N) is 1. The number of carboxylic acids is 1. The summed E-state index contributed by atoms with van der Waals surface area (Å²) in [6.45, 7) is 0. The highest BCUT2D eigenvalue weighted by Crippen LogP contribution is 2.11. The Morgan fingerprint density at radius 3 is 2.52 bits per heavy atom. The minimum Gasteiger partial charge on any atom is -0.508 e. The van der Waals surface area contributed by atoms with Gasteiger partial charge in [0.15, 0.2) is 0 Å². The molecule has 1 aromatic carbocycles. The first-order valence-electron chi connectivity index (χ1n) is 5.95. The van der Waals surface area contributed by atoms with E-state index in [-0.39, 0.29) is 23.9 Å². The normalized spacial score (nSPS) is 11.8. The first-order chi connectivity index (χ1) is 9.95. The summed E-state index contributed by atoms with van der Waals surface area (Å²) >= 11 is 0. The van der Waals surface area contributed by atoms with Crippen molar-refractivity contribution in [2.24, 2.45) is 0 Å². The van der Waals surface area contributed by atoms with Crippen LogP contribution in [0.4, 0.5) is 5.95 Å². The van der Waals surface area contributed by atoms with Gasteiger partial charge < -0.3 is 21.3 Å². The van der Waals surface area contributed by atoms with Crippen LogP contribution in [0.2, 0.25) is 0 Å². The second-order valence-electron chi connectivity index (χ2n) is 4.28. The van der Waals surface area contributed by atoms with Crippen LogP contribution in [0.15, 0.2) is 24.3 Å². The topological polar surface area (TPSA) is 154 Å². The largest absolute Gasteiger partial charge is 0.508 e. The van der Waals surface area contributed by atoms with Gasteiger partial charge in [-0.05, 0) is 17.7 Å². The lowest BCUT2D eigenvalue weighted by Crippen LogP contribution is -2.42. The third kappa shape index (κ3) is 3.69. The van der Waals surface area contributed by atoms with E-state index in [1.165, 1.54) is 12.1 Å². The molecule has 21 heavy (non-hydrogen) atoms. The molecule has 9 nitrogen and oxygen atoms in total. The number of aromatic hydroxyl groups is 1. The lowest BCUT2D eigenvalue weighted by Gasteiger charge is -2.13. The third-order valence-corrected chi connectivity index (χ3v) is 2.70. The van der Waals surface area contributed by atoms with Crippen molar-refractivity contribution < 1.29 is 19.8 Å². The fourth-order valence-electron chi connectivity index (χ4n) is 1.67. The molecule has 0 unspecified atom stereocenters. The number of hydrogen-bond donors (Lipinski definition) is 5. The zero-order valence-corrected chi connectivity index (χ0v) is 10.8. The number of hydrogen-bond acceptors (Lipinski definition) is 6. The molecule has 110 valence electrons. The fourth-order valence-corrected chi connectivity index (χ4v) is 1.67. The van der Waals surface area contributed by atoms with Crippen molar-refractivity contribution in [1.29, 1.82) is 0 Å². The van der Waals surface area contributed by atoms with Gasteiger partial charge in [0.2, 0.25) is 11.8 Å². The molecule has 1 heterocycles. The van der Waals surface area contributed by atoms with Crippen LogP contribution >= 0.6 is 0 Å². The predicted octanol–water partition coefficient (Wildman–Crippen LogP) is -0.482. The lowest BCUT2D eigenvalue weighted by molar-refractivity contribution is -0.139. The van der Waals surface area contributed by atoms with Gasteiger partial charge in [0.25, 0.3) is 5.91 Å². The van der Waals surface area contributed by atoms with E-state index in [2.05, 4.69) is 20.5 Å². The van der Waals surface area contributed by atoms with Gasteiger partial charge in [-0.3, -0.25) is 9.89 Å². The Balaban J connectivity index is 2.07. The van der Waals surface area contributed by atoms with Gasteiger partial charge in [0.05, 0.1) is 0 Å². The number of phenolic OH excluding ortho intramolecular Hbond substituents is 1. The summed E-state index contributed by atoms with van der Waals surface area (Å²) in [4.78, 5) is 26.6. The molecule has 0 aliphatic carbocycles. The number of nitrogens with one attached hydrogen (secondary N) is 2. The van der Waals surface area contributed by atoms with Crippen molar-refractivity contribution in [2.75, 3.05) is 5.73 Å². The van der Waals surface area contributed by atoms with Gasteiger partial charge in [-0.1, -0.05) is 12.1 Å². The average Bonchev–Trinajstić information content (AvgIpc) is 2.87.